The molecule has 110 valence electrons. The number of benzene rings is 2. The molecule has 0 aromatic heterocycles. The summed E-state index contributed by atoms with van der Waals surface area (Å²) in [5.41, 5.74) is 1.54. The van der Waals surface area contributed by atoms with Crippen LogP contribution in [0.15, 0.2) is 48.5 Å². The van der Waals surface area contributed by atoms with Gasteiger partial charge in [0.15, 0.2) is 17.3 Å². The van der Waals surface area contributed by atoms with Gasteiger partial charge in [-0.1, -0.05) is 18.2 Å². The zero-order chi connectivity index (χ0) is 13.9. The molecule has 0 radical (unpaired) electrons. The first-order chi connectivity index (χ1) is 9.74. The summed E-state index contributed by atoms with van der Waals surface area (Å²) >= 11 is 0. The number of Topliss-reactive ketones (excluding diaryl/α,β-unsaturated/α-hetero) is 1. The van der Waals surface area contributed by atoms with E-state index in [0.29, 0.717) is 17.1 Å². The van der Waals surface area contributed by atoms with Gasteiger partial charge in [-0.05, 0) is 37.3 Å². The first kappa shape index (κ1) is 15.2. The van der Waals surface area contributed by atoms with E-state index in [0.717, 1.165) is 5.69 Å². The molecule has 0 aliphatic carbocycles. The van der Waals surface area contributed by atoms with Crippen molar-refractivity contribution in [2.24, 2.45) is 0 Å². The Morgan fingerprint density at radius 3 is 2.57 bits per heavy atom. The molecule has 0 saturated carbocycles. The molecule has 4 nitrogen and oxygen atoms in total. The molecule has 1 heterocycles. The standard InChI is InChI=1S/C16H15NO3.ClH/c1-11(17-13-5-3-2-4-6-13)16(18)12-7-8-14-15(9-12)20-10-19-14;/h2-9,11,17H,10H2,1H3;1H. The Kier molecular flexibility index (Phi) is 4.70. The van der Waals surface area contributed by atoms with Gasteiger partial charge < -0.3 is 14.8 Å². The molecule has 0 saturated heterocycles. The third-order valence-electron chi connectivity index (χ3n) is 3.21. The van der Waals surface area contributed by atoms with E-state index >= 15 is 0 Å². The summed E-state index contributed by atoms with van der Waals surface area (Å²) in [6.45, 7) is 2.06. The van der Waals surface area contributed by atoms with Crippen LogP contribution in [0.2, 0.25) is 0 Å². The summed E-state index contributed by atoms with van der Waals surface area (Å²) in [4.78, 5) is 12.4. The van der Waals surface area contributed by atoms with E-state index in [1.165, 1.54) is 0 Å². The lowest BCUT2D eigenvalue weighted by Gasteiger charge is -2.14. The van der Waals surface area contributed by atoms with Crippen molar-refractivity contribution in [1.29, 1.82) is 0 Å². The van der Waals surface area contributed by atoms with E-state index < -0.39 is 0 Å². The SMILES string of the molecule is CC(Nc1ccccc1)C(=O)c1ccc2c(c1)OCO2.Cl. The smallest absolute Gasteiger partial charge is 0.231 e. The Morgan fingerprint density at radius 1 is 1.10 bits per heavy atom. The number of ketones is 1. The fourth-order valence-corrected chi connectivity index (χ4v) is 2.15. The van der Waals surface area contributed by atoms with Crippen LogP contribution in [0.4, 0.5) is 5.69 Å². The number of anilines is 1. The van der Waals surface area contributed by atoms with Crippen molar-refractivity contribution in [3.8, 4) is 11.5 Å². The second kappa shape index (κ2) is 6.50. The summed E-state index contributed by atoms with van der Waals surface area (Å²) in [7, 11) is 0. The van der Waals surface area contributed by atoms with E-state index in [9.17, 15) is 4.79 Å². The molecule has 21 heavy (non-hydrogen) atoms. The molecule has 5 heteroatoms. The van der Waals surface area contributed by atoms with Crippen LogP contribution in [0.5, 0.6) is 11.5 Å². The van der Waals surface area contributed by atoms with Gasteiger partial charge in [-0.3, -0.25) is 4.79 Å². The molecule has 1 aliphatic rings. The largest absolute Gasteiger partial charge is 0.454 e. The van der Waals surface area contributed by atoms with Gasteiger partial charge in [0.2, 0.25) is 6.79 Å². The number of para-hydroxylation sites is 1. The third-order valence-corrected chi connectivity index (χ3v) is 3.21. The Labute approximate surface area is 129 Å². The number of rotatable bonds is 4. The number of fused-ring (bicyclic) bond motifs is 1. The lowest BCUT2D eigenvalue weighted by atomic mass is 10.0. The van der Waals surface area contributed by atoms with Crippen molar-refractivity contribution in [3.05, 3.63) is 54.1 Å². The van der Waals surface area contributed by atoms with Crippen LogP contribution < -0.4 is 14.8 Å². The quantitative estimate of drug-likeness (QED) is 0.878. The van der Waals surface area contributed by atoms with Gasteiger partial charge in [-0.2, -0.15) is 0 Å². The van der Waals surface area contributed by atoms with Crippen molar-refractivity contribution in [1.82, 2.24) is 0 Å². The minimum atomic E-state index is -0.308. The van der Waals surface area contributed by atoms with E-state index in [1.54, 1.807) is 18.2 Å². The number of carbonyl (C=O) groups excluding carboxylic acids is 1. The molecule has 1 aliphatic heterocycles. The van der Waals surface area contributed by atoms with E-state index in [4.69, 9.17) is 9.47 Å². The molecule has 2 aromatic carbocycles. The number of hydrogen-bond acceptors (Lipinski definition) is 4. The molecule has 0 fully saturated rings. The molecule has 0 spiro atoms. The summed E-state index contributed by atoms with van der Waals surface area (Å²) in [6.07, 6.45) is 0. The fourth-order valence-electron chi connectivity index (χ4n) is 2.15. The molecule has 1 N–H and O–H groups in total. The van der Waals surface area contributed by atoms with Gasteiger partial charge in [-0.25, -0.2) is 0 Å². The second-order valence-electron chi connectivity index (χ2n) is 4.66. The lowest BCUT2D eigenvalue weighted by Crippen LogP contribution is -2.26. The summed E-state index contributed by atoms with van der Waals surface area (Å²) < 4.78 is 10.5. The predicted octanol–water partition coefficient (Wildman–Crippen LogP) is 3.52. The number of hydrogen-bond donors (Lipinski definition) is 1. The van der Waals surface area contributed by atoms with Crippen LogP contribution in [0, 0.1) is 0 Å². The van der Waals surface area contributed by atoms with Gasteiger partial charge in [-0.15, -0.1) is 12.4 Å². The maximum absolute atomic E-state index is 12.4. The predicted molar refractivity (Wildman–Crippen MR) is 83.7 cm³/mol. The van der Waals surface area contributed by atoms with Crippen LogP contribution in [0.3, 0.4) is 0 Å². The average Bonchev–Trinajstić information content (AvgIpc) is 2.94. The van der Waals surface area contributed by atoms with Crippen molar-refractivity contribution in [3.63, 3.8) is 0 Å². The molecule has 1 atom stereocenters. The van der Waals surface area contributed by atoms with Gasteiger partial charge in [0.25, 0.3) is 0 Å². The highest BCUT2D eigenvalue weighted by Crippen LogP contribution is 2.32. The zero-order valence-electron chi connectivity index (χ0n) is 11.5. The van der Waals surface area contributed by atoms with Crippen molar-refractivity contribution in [2.75, 3.05) is 12.1 Å². The summed E-state index contributed by atoms with van der Waals surface area (Å²) in [6, 6.07) is 14.6. The third kappa shape index (κ3) is 3.28. The molecule has 0 bridgehead atoms. The molecule has 1 unspecified atom stereocenters. The lowest BCUT2D eigenvalue weighted by molar-refractivity contribution is 0.0975. The van der Waals surface area contributed by atoms with Crippen LogP contribution in [-0.4, -0.2) is 18.6 Å². The van der Waals surface area contributed by atoms with Crippen molar-refractivity contribution in [2.45, 2.75) is 13.0 Å². The Balaban J connectivity index is 0.00000161. The highest BCUT2D eigenvalue weighted by atomic mass is 35.5. The normalized spacial score (nSPS) is 13.2. The first-order valence-corrected chi connectivity index (χ1v) is 6.49. The average molecular weight is 306 g/mol. The molecular weight excluding hydrogens is 290 g/mol. The number of halogens is 1. The van der Waals surface area contributed by atoms with Gasteiger partial charge in [0.05, 0.1) is 6.04 Å². The molecular formula is C16H16ClNO3. The van der Waals surface area contributed by atoms with E-state index in [2.05, 4.69) is 5.32 Å². The number of nitrogens with one attached hydrogen (secondary N) is 1. The fraction of sp³-hybridized carbons (Fsp3) is 0.188. The Bertz CT molecular complexity index is 631. The van der Waals surface area contributed by atoms with Crippen LogP contribution in [-0.2, 0) is 0 Å². The Morgan fingerprint density at radius 2 is 1.81 bits per heavy atom. The van der Waals surface area contributed by atoms with Gasteiger partial charge >= 0.3 is 0 Å². The minimum absolute atomic E-state index is 0. The van der Waals surface area contributed by atoms with Crippen LogP contribution in [0.25, 0.3) is 0 Å². The number of carbonyl (C=O) groups is 1. The number of ether oxygens (including phenoxy) is 2. The molecule has 3 rings (SSSR count). The van der Waals surface area contributed by atoms with Gasteiger partial charge in [0, 0.05) is 11.3 Å². The topological polar surface area (TPSA) is 47.6 Å². The zero-order valence-corrected chi connectivity index (χ0v) is 12.4. The Hall–Kier alpha value is -2.20. The highest BCUT2D eigenvalue weighted by Gasteiger charge is 2.19. The van der Waals surface area contributed by atoms with Crippen LogP contribution >= 0.6 is 12.4 Å². The van der Waals surface area contributed by atoms with E-state index in [1.807, 2.05) is 37.3 Å². The molecule has 2 aromatic rings. The van der Waals surface area contributed by atoms with Crippen LogP contribution in [0.1, 0.15) is 17.3 Å². The monoisotopic (exact) mass is 305 g/mol. The first-order valence-electron chi connectivity index (χ1n) is 6.49. The van der Waals surface area contributed by atoms with E-state index in [-0.39, 0.29) is 31.0 Å². The maximum Gasteiger partial charge on any atom is 0.231 e. The van der Waals surface area contributed by atoms with Crippen molar-refractivity contribution >= 4 is 23.9 Å². The summed E-state index contributed by atoms with van der Waals surface area (Å²) in [5, 5.41) is 3.19. The van der Waals surface area contributed by atoms with Crippen molar-refractivity contribution < 1.29 is 14.3 Å². The molecule has 0 amide bonds. The minimum Gasteiger partial charge on any atom is -0.454 e. The van der Waals surface area contributed by atoms with Gasteiger partial charge in [0.1, 0.15) is 0 Å². The highest BCUT2D eigenvalue weighted by molar-refractivity contribution is 6.01. The summed E-state index contributed by atoms with van der Waals surface area (Å²) in [5.74, 6) is 1.33. The second-order valence-corrected chi connectivity index (χ2v) is 4.66. The maximum atomic E-state index is 12.4.